The molecule has 0 spiro atoms. The van der Waals surface area contributed by atoms with E-state index < -0.39 is 10.0 Å². The number of carbonyl (C=O) groups excluding carboxylic acids is 2. The van der Waals surface area contributed by atoms with Crippen LogP contribution >= 0.6 is 0 Å². The number of hydrogen-bond acceptors (Lipinski definition) is 4. The maximum absolute atomic E-state index is 12.8. The summed E-state index contributed by atoms with van der Waals surface area (Å²) < 4.78 is 27.1. The van der Waals surface area contributed by atoms with Gasteiger partial charge in [0.1, 0.15) is 0 Å². The van der Waals surface area contributed by atoms with Crippen molar-refractivity contribution in [3.8, 4) is 0 Å². The van der Waals surface area contributed by atoms with Crippen molar-refractivity contribution >= 4 is 21.8 Å². The van der Waals surface area contributed by atoms with Crippen LogP contribution in [-0.2, 0) is 14.8 Å². The van der Waals surface area contributed by atoms with Crippen LogP contribution in [0.25, 0.3) is 0 Å². The molecule has 0 bridgehead atoms. The predicted molar refractivity (Wildman–Crippen MR) is 104 cm³/mol. The molecule has 7 nitrogen and oxygen atoms in total. The molecule has 0 radical (unpaired) electrons. The molecule has 0 unspecified atom stereocenters. The Hall–Kier alpha value is -1.93. The molecule has 2 amide bonds. The molecule has 1 aliphatic heterocycles. The van der Waals surface area contributed by atoms with Crippen LogP contribution in [0.2, 0.25) is 0 Å². The highest BCUT2D eigenvalue weighted by atomic mass is 32.2. The first-order valence-electron chi connectivity index (χ1n) is 9.46. The van der Waals surface area contributed by atoms with E-state index in [1.54, 1.807) is 21.9 Å². The second-order valence-corrected chi connectivity index (χ2v) is 8.66. The van der Waals surface area contributed by atoms with E-state index in [2.05, 4.69) is 0 Å². The first-order valence-corrected chi connectivity index (χ1v) is 10.9. The number of rotatable bonds is 7. The maximum atomic E-state index is 12.8. The van der Waals surface area contributed by atoms with Crippen molar-refractivity contribution in [2.24, 2.45) is 0 Å². The monoisotopic (exact) mass is 395 g/mol. The molecule has 27 heavy (non-hydrogen) atoms. The average molecular weight is 396 g/mol. The van der Waals surface area contributed by atoms with Gasteiger partial charge in [-0.1, -0.05) is 13.8 Å². The second-order valence-electron chi connectivity index (χ2n) is 6.73. The zero-order valence-electron chi connectivity index (χ0n) is 16.3. The summed E-state index contributed by atoms with van der Waals surface area (Å²) >= 11 is 0. The van der Waals surface area contributed by atoms with Crippen LogP contribution in [0.3, 0.4) is 0 Å². The highest BCUT2D eigenvalue weighted by molar-refractivity contribution is 7.89. The van der Waals surface area contributed by atoms with E-state index in [4.69, 9.17) is 0 Å². The van der Waals surface area contributed by atoms with Crippen molar-refractivity contribution in [2.45, 2.75) is 38.5 Å². The van der Waals surface area contributed by atoms with Crippen molar-refractivity contribution in [3.05, 3.63) is 29.8 Å². The lowest BCUT2D eigenvalue weighted by molar-refractivity contribution is -0.130. The summed E-state index contributed by atoms with van der Waals surface area (Å²) in [5.41, 5.74) is 0.461. The normalized spacial score (nSPS) is 15.3. The van der Waals surface area contributed by atoms with Gasteiger partial charge in [-0.05, 0) is 37.1 Å². The summed E-state index contributed by atoms with van der Waals surface area (Å²) in [6.45, 7) is 8.41. The summed E-state index contributed by atoms with van der Waals surface area (Å²) in [4.78, 5) is 27.7. The predicted octanol–water partition coefficient (Wildman–Crippen LogP) is 1.80. The van der Waals surface area contributed by atoms with Crippen LogP contribution in [0.15, 0.2) is 29.2 Å². The minimum Gasteiger partial charge on any atom is -0.339 e. The fourth-order valence-electron chi connectivity index (χ4n) is 3.18. The Labute approximate surface area is 162 Å². The largest absolute Gasteiger partial charge is 0.339 e. The lowest BCUT2D eigenvalue weighted by Crippen LogP contribution is -2.50. The summed E-state index contributed by atoms with van der Waals surface area (Å²) in [5.74, 6) is -0.124. The molecule has 1 aliphatic rings. The Kier molecular flexibility index (Phi) is 7.38. The number of carbonyl (C=O) groups is 2. The van der Waals surface area contributed by atoms with Gasteiger partial charge in [0.05, 0.1) is 4.90 Å². The van der Waals surface area contributed by atoms with Crippen molar-refractivity contribution in [1.29, 1.82) is 0 Å². The maximum Gasteiger partial charge on any atom is 0.253 e. The standard InChI is InChI=1S/C19H29N3O4S/c1-4-10-22(11-5-2)27(25,26)18-8-6-17(7-9-18)19(24)21-14-12-20(13-15-21)16(3)23/h6-9H,4-5,10-15H2,1-3H3. The molecule has 1 saturated heterocycles. The Morgan fingerprint density at radius 1 is 0.926 bits per heavy atom. The van der Waals surface area contributed by atoms with Crippen molar-refractivity contribution in [1.82, 2.24) is 14.1 Å². The molecule has 8 heteroatoms. The molecule has 2 rings (SSSR count). The molecule has 0 N–H and O–H groups in total. The van der Waals surface area contributed by atoms with Crippen LogP contribution in [0.1, 0.15) is 44.0 Å². The first-order chi connectivity index (χ1) is 12.8. The van der Waals surface area contributed by atoms with Gasteiger partial charge in [0, 0.05) is 51.8 Å². The summed E-state index contributed by atoms with van der Waals surface area (Å²) in [6.07, 6.45) is 1.50. The van der Waals surface area contributed by atoms with Crippen LogP contribution in [0.5, 0.6) is 0 Å². The Bertz CT molecular complexity index is 748. The molecule has 1 heterocycles. The molecular weight excluding hydrogens is 366 g/mol. The molecule has 1 aromatic carbocycles. The van der Waals surface area contributed by atoms with Crippen LogP contribution in [0.4, 0.5) is 0 Å². The Morgan fingerprint density at radius 2 is 1.41 bits per heavy atom. The summed E-state index contributed by atoms with van der Waals surface area (Å²) in [7, 11) is -3.55. The molecule has 0 atom stereocenters. The fraction of sp³-hybridized carbons (Fsp3) is 0.579. The van der Waals surface area contributed by atoms with Gasteiger partial charge in [0.2, 0.25) is 15.9 Å². The number of benzene rings is 1. The van der Waals surface area contributed by atoms with E-state index in [0.717, 1.165) is 12.8 Å². The number of nitrogens with zero attached hydrogens (tertiary/aromatic N) is 3. The summed E-state index contributed by atoms with van der Waals surface area (Å²) in [5, 5.41) is 0. The van der Waals surface area contributed by atoms with Crippen molar-refractivity contribution in [2.75, 3.05) is 39.3 Å². The SMILES string of the molecule is CCCN(CCC)S(=O)(=O)c1ccc(C(=O)N2CCN(C(C)=O)CC2)cc1. The van der Waals surface area contributed by atoms with Crippen LogP contribution in [-0.4, -0.2) is 73.6 Å². The second kappa shape index (κ2) is 9.32. The molecular formula is C19H29N3O4S. The number of hydrogen-bond donors (Lipinski definition) is 0. The van der Waals surface area contributed by atoms with Crippen LogP contribution in [0, 0.1) is 0 Å². The molecule has 0 saturated carbocycles. The number of amides is 2. The average Bonchev–Trinajstić information content (AvgIpc) is 2.67. The summed E-state index contributed by atoms with van der Waals surface area (Å²) in [6, 6.07) is 6.16. The van der Waals surface area contributed by atoms with Gasteiger partial charge in [-0.25, -0.2) is 8.42 Å². The lowest BCUT2D eigenvalue weighted by Gasteiger charge is -2.34. The van der Waals surface area contributed by atoms with E-state index in [9.17, 15) is 18.0 Å². The van der Waals surface area contributed by atoms with E-state index in [1.165, 1.54) is 23.4 Å². The van der Waals surface area contributed by atoms with E-state index in [1.807, 2.05) is 13.8 Å². The van der Waals surface area contributed by atoms with Crippen molar-refractivity contribution in [3.63, 3.8) is 0 Å². The molecule has 0 aliphatic carbocycles. The minimum absolute atomic E-state index is 0.0142. The van der Waals surface area contributed by atoms with Gasteiger partial charge in [0.25, 0.3) is 5.91 Å². The lowest BCUT2D eigenvalue weighted by atomic mass is 10.2. The molecule has 1 aromatic rings. The third-order valence-electron chi connectivity index (χ3n) is 4.70. The van der Waals surface area contributed by atoms with Gasteiger partial charge in [-0.3, -0.25) is 9.59 Å². The smallest absolute Gasteiger partial charge is 0.253 e. The van der Waals surface area contributed by atoms with Crippen LogP contribution < -0.4 is 0 Å². The molecule has 150 valence electrons. The van der Waals surface area contributed by atoms with Gasteiger partial charge >= 0.3 is 0 Å². The zero-order chi connectivity index (χ0) is 20.0. The van der Waals surface area contributed by atoms with E-state index >= 15 is 0 Å². The zero-order valence-corrected chi connectivity index (χ0v) is 17.2. The topological polar surface area (TPSA) is 78.0 Å². The molecule has 0 aromatic heterocycles. The quantitative estimate of drug-likeness (QED) is 0.705. The number of sulfonamides is 1. The van der Waals surface area contributed by atoms with Gasteiger partial charge in [0.15, 0.2) is 0 Å². The Balaban J connectivity index is 2.10. The van der Waals surface area contributed by atoms with Crippen molar-refractivity contribution < 1.29 is 18.0 Å². The van der Waals surface area contributed by atoms with Gasteiger partial charge in [-0.15, -0.1) is 0 Å². The molecule has 1 fully saturated rings. The highest BCUT2D eigenvalue weighted by Gasteiger charge is 2.25. The third kappa shape index (κ3) is 5.07. The fourth-order valence-corrected chi connectivity index (χ4v) is 4.80. The van der Waals surface area contributed by atoms with Gasteiger partial charge < -0.3 is 9.80 Å². The van der Waals surface area contributed by atoms with E-state index in [0.29, 0.717) is 44.8 Å². The Morgan fingerprint density at radius 3 is 1.85 bits per heavy atom. The highest BCUT2D eigenvalue weighted by Crippen LogP contribution is 2.18. The third-order valence-corrected chi connectivity index (χ3v) is 6.61. The number of piperazine rings is 1. The van der Waals surface area contributed by atoms with Gasteiger partial charge in [-0.2, -0.15) is 4.31 Å². The van der Waals surface area contributed by atoms with E-state index in [-0.39, 0.29) is 16.7 Å². The minimum atomic E-state index is -3.55. The first kappa shape index (κ1) is 21.4.